The molecule has 0 unspecified atom stereocenters. The van der Waals surface area contributed by atoms with Gasteiger partial charge in [0.05, 0.1) is 6.61 Å². The molecule has 0 spiro atoms. The third-order valence-electron chi connectivity index (χ3n) is 2.66. The van der Waals surface area contributed by atoms with E-state index < -0.39 is 18.2 Å². The van der Waals surface area contributed by atoms with E-state index in [9.17, 15) is 8.78 Å². The van der Waals surface area contributed by atoms with Gasteiger partial charge in [-0.1, -0.05) is 36.4 Å². The molecule has 3 heteroatoms. The first-order valence-corrected chi connectivity index (χ1v) is 5.33. The van der Waals surface area contributed by atoms with Gasteiger partial charge in [0.25, 0.3) is 0 Å². The lowest BCUT2D eigenvalue weighted by atomic mass is 10.0. The minimum Gasteiger partial charge on any atom is -0.391 e. The van der Waals surface area contributed by atoms with Crippen LogP contribution in [-0.4, -0.2) is 5.11 Å². The van der Waals surface area contributed by atoms with Gasteiger partial charge >= 0.3 is 0 Å². The zero-order valence-corrected chi connectivity index (χ0v) is 9.16. The van der Waals surface area contributed by atoms with Crippen molar-refractivity contribution in [2.45, 2.75) is 13.0 Å². The molecule has 0 fully saturated rings. The van der Waals surface area contributed by atoms with E-state index in [0.717, 1.165) is 5.56 Å². The molecule has 1 nitrogen and oxygen atoms in total. The molecule has 1 N–H and O–H groups in total. The van der Waals surface area contributed by atoms with E-state index in [4.69, 9.17) is 5.11 Å². The number of aliphatic hydroxyl groups is 1. The van der Waals surface area contributed by atoms with Gasteiger partial charge in [0.15, 0.2) is 0 Å². The molecule has 0 atom stereocenters. The van der Waals surface area contributed by atoms with Gasteiger partial charge in [-0.05, 0) is 17.2 Å². The molecule has 0 aliphatic rings. The van der Waals surface area contributed by atoms with Crippen LogP contribution < -0.4 is 0 Å². The Morgan fingerprint density at radius 3 is 2.29 bits per heavy atom. The summed E-state index contributed by atoms with van der Waals surface area (Å²) in [6.07, 6.45) is 0.389. The molecule has 0 saturated carbocycles. The van der Waals surface area contributed by atoms with Crippen molar-refractivity contribution < 1.29 is 13.9 Å². The van der Waals surface area contributed by atoms with Gasteiger partial charge in [0.2, 0.25) is 0 Å². The first-order chi connectivity index (χ1) is 8.22. The van der Waals surface area contributed by atoms with Crippen molar-refractivity contribution >= 4 is 0 Å². The first-order valence-electron chi connectivity index (χ1n) is 5.33. The van der Waals surface area contributed by atoms with Crippen LogP contribution in [0.1, 0.15) is 16.7 Å². The first kappa shape index (κ1) is 11.7. The summed E-state index contributed by atoms with van der Waals surface area (Å²) in [6.45, 7) is -0.625. The summed E-state index contributed by atoms with van der Waals surface area (Å²) < 4.78 is 27.0. The zero-order valence-electron chi connectivity index (χ0n) is 9.16. The van der Waals surface area contributed by atoms with Crippen molar-refractivity contribution in [3.05, 3.63) is 70.8 Å². The molecule has 0 saturated heterocycles. The summed E-state index contributed by atoms with van der Waals surface area (Å²) in [5, 5.41) is 8.91. The molecule has 0 aliphatic carbocycles. The molecule has 0 bridgehead atoms. The van der Waals surface area contributed by atoms with Crippen LogP contribution in [0.4, 0.5) is 8.78 Å². The summed E-state index contributed by atoms with van der Waals surface area (Å²) >= 11 is 0. The molecule has 2 aromatic carbocycles. The molecule has 0 aliphatic heterocycles. The van der Waals surface area contributed by atoms with E-state index in [2.05, 4.69) is 0 Å². The SMILES string of the molecule is OCc1c(F)ccc(Cc2ccccc2)c1F. The molecular formula is C14H12F2O. The fourth-order valence-corrected chi connectivity index (χ4v) is 1.74. The topological polar surface area (TPSA) is 20.2 Å². The number of aliphatic hydroxyl groups excluding tert-OH is 1. The maximum Gasteiger partial charge on any atom is 0.135 e. The summed E-state index contributed by atoms with van der Waals surface area (Å²) in [6, 6.07) is 12.0. The van der Waals surface area contributed by atoms with Crippen LogP contribution >= 0.6 is 0 Å². The molecule has 2 rings (SSSR count). The summed E-state index contributed by atoms with van der Waals surface area (Å²) in [7, 11) is 0. The number of hydrogen-bond acceptors (Lipinski definition) is 1. The van der Waals surface area contributed by atoms with Crippen LogP contribution in [0.25, 0.3) is 0 Å². The predicted molar refractivity (Wildman–Crippen MR) is 61.5 cm³/mol. The summed E-state index contributed by atoms with van der Waals surface area (Å²) in [5.74, 6) is -1.36. The highest BCUT2D eigenvalue weighted by Gasteiger charge is 2.12. The van der Waals surface area contributed by atoms with Gasteiger partial charge in [0, 0.05) is 12.0 Å². The number of rotatable bonds is 3. The summed E-state index contributed by atoms with van der Waals surface area (Å²) in [5.41, 5.74) is 1.07. The Kier molecular flexibility index (Phi) is 3.49. The van der Waals surface area contributed by atoms with E-state index >= 15 is 0 Å². The molecular weight excluding hydrogens is 222 g/mol. The van der Waals surface area contributed by atoms with E-state index in [1.54, 1.807) is 0 Å². The Balaban J connectivity index is 2.34. The predicted octanol–water partition coefficient (Wildman–Crippen LogP) is 3.05. The van der Waals surface area contributed by atoms with Crippen LogP contribution in [0.5, 0.6) is 0 Å². The molecule has 2 aromatic rings. The Morgan fingerprint density at radius 2 is 1.65 bits per heavy atom. The van der Waals surface area contributed by atoms with Crippen molar-refractivity contribution in [1.29, 1.82) is 0 Å². The molecule has 0 heterocycles. The van der Waals surface area contributed by atoms with Crippen LogP contribution in [0, 0.1) is 11.6 Å². The molecule has 0 radical (unpaired) electrons. The number of hydrogen-bond donors (Lipinski definition) is 1. The molecule has 17 heavy (non-hydrogen) atoms. The lowest BCUT2D eigenvalue weighted by Gasteiger charge is -2.07. The second-order valence-corrected chi connectivity index (χ2v) is 3.82. The second-order valence-electron chi connectivity index (χ2n) is 3.82. The van der Waals surface area contributed by atoms with Crippen LogP contribution in [-0.2, 0) is 13.0 Å². The van der Waals surface area contributed by atoms with E-state index in [0.29, 0.717) is 12.0 Å². The minimum atomic E-state index is -0.707. The monoisotopic (exact) mass is 234 g/mol. The van der Waals surface area contributed by atoms with Gasteiger partial charge in [0.1, 0.15) is 11.6 Å². The number of halogens is 2. The van der Waals surface area contributed by atoms with E-state index in [1.807, 2.05) is 30.3 Å². The lowest BCUT2D eigenvalue weighted by molar-refractivity contribution is 0.268. The Labute approximate surface area is 98.3 Å². The zero-order chi connectivity index (χ0) is 12.3. The van der Waals surface area contributed by atoms with Gasteiger partial charge in [-0.25, -0.2) is 8.78 Å². The Hall–Kier alpha value is -1.74. The van der Waals surface area contributed by atoms with Crippen molar-refractivity contribution in [2.24, 2.45) is 0 Å². The van der Waals surface area contributed by atoms with Crippen molar-refractivity contribution in [3.63, 3.8) is 0 Å². The maximum atomic E-state index is 13.8. The van der Waals surface area contributed by atoms with Crippen molar-refractivity contribution in [1.82, 2.24) is 0 Å². The van der Waals surface area contributed by atoms with Gasteiger partial charge in [-0.2, -0.15) is 0 Å². The molecule has 0 aromatic heterocycles. The van der Waals surface area contributed by atoms with Crippen LogP contribution in [0.3, 0.4) is 0 Å². The van der Waals surface area contributed by atoms with E-state index in [-0.39, 0.29) is 5.56 Å². The smallest absolute Gasteiger partial charge is 0.135 e. The largest absolute Gasteiger partial charge is 0.391 e. The third kappa shape index (κ3) is 2.50. The second kappa shape index (κ2) is 5.06. The highest BCUT2D eigenvalue weighted by Crippen LogP contribution is 2.19. The number of benzene rings is 2. The standard InChI is InChI=1S/C14H12F2O/c15-13-7-6-11(14(16)12(13)9-17)8-10-4-2-1-3-5-10/h1-7,17H,8-9H2. The van der Waals surface area contributed by atoms with Crippen LogP contribution in [0.15, 0.2) is 42.5 Å². The highest BCUT2D eigenvalue weighted by atomic mass is 19.1. The van der Waals surface area contributed by atoms with Gasteiger partial charge < -0.3 is 5.11 Å². The van der Waals surface area contributed by atoms with Crippen molar-refractivity contribution in [3.8, 4) is 0 Å². The quantitative estimate of drug-likeness (QED) is 0.865. The Morgan fingerprint density at radius 1 is 0.941 bits per heavy atom. The van der Waals surface area contributed by atoms with E-state index in [1.165, 1.54) is 12.1 Å². The summed E-state index contributed by atoms with van der Waals surface area (Å²) in [4.78, 5) is 0. The average molecular weight is 234 g/mol. The fourth-order valence-electron chi connectivity index (χ4n) is 1.74. The van der Waals surface area contributed by atoms with Gasteiger partial charge in [-0.3, -0.25) is 0 Å². The molecule has 88 valence electrons. The normalized spacial score (nSPS) is 10.5. The maximum absolute atomic E-state index is 13.8. The Bertz CT molecular complexity index is 509. The van der Waals surface area contributed by atoms with Gasteiger partial charge in [-0.15, -0.1) is 0 Å². The average Bonchev–Trinajstić information content (AvgIpc) is 2.35. The minimum absolute atomic E-state index is 0.265. The lowest BCUT2D eigenvalue weighted by Crippen LogP contribution is -2.01. The third-order valence-corrected chi connectivity index (χ3v) is 2.66. The van der Waals surface area contributed by atoms with Crippen LogP contribution in [0.2, 0.25) is 0 Å². The highest BCUT2D eigenvalue weighted by molar-refractivity contribution is 5.31. The molecule has 0 amide bonds. The van der Waals surface area contributed by atoms with Crippen molar-refractivity contribution in [2.75, 3.05) is 0 Å². The fraction of sp³-hybridized carbons (Fsp3) is 0.143.